The molecule has 0 aromatic heterocycles. The van der Waals surface area contributed by atoms with Gasteiger partial charge in [-0.15, -0.1) is 0 Å². The highest BCUT2D eigenvalue weighted by atomic mass is 35.5. The van der Waals surface area contributed by atoms with Gasteiger partial charge in [-0.3, -0.25) is 9.59 Å². The quantitative estimate of drug-likeness (QED) is 0.122. The molecular weight excluding hydrogens is 474 g/mol. The highest BCUT2D eigenvalue weighted by molar-refractivity contribution is 6.46. The summed E-state index contributed by atoms with van der Waals surface area (Å²) in [5.41, 5.74) is 1.33. The first-order valence-electron chi connectivity index (χ1n) is 13.2. The molecule has 1 fully saturated rings. The highest BCUT2D eigenvalue weighted by Crippen LogP contribution is 2.40. The van der Waals surface area contributed by atoms with Crippen molar-refractivity contribution in [2.75, 3.05) is 13.7 Å². The highest BCUT2D eigenvalue weighted by Gasteiger charge is 2.45. The van der Waals surface area contributed by atoms with Crippen molar-refractivity contribution in [3.05, 3.63) is 70.3 Å². The van der Waals surface area contributed by atoms with Gasteiger partial charge in [-0.2, -0.15) is 0 Å². The van der Waals surface area contributed by atoms with Crippen LogP contribution in [0.25, 0.3) is 5.76 Å². The lowest BCUT2D eigenvalue weighted by Gasteiger charge is -2.25. The summed E-state index contributed by atoms with van der Waals surface area (Å²) in [4.78, 5) is 27.8. The number of methoxy groups -OCH3 is 1. The Morgan fingerprint density at radius 3 is 1.97 bits per heavy atom. The van der Waals surface area contributed by atoms with Gasteiger partial charge in [0.1, 0.15) is 11.5 Å². The number of halogens is 1. The van der Waals surface area contributed by atoms with E-state index in [0.29, 0.717) is 22.9 Å². The van der Waals surface area contributed by atoms with E-state index in [1.54, 1.807) is 48.4 Å². The topological polar surface area (TPSA) is 66.8 Å². The molecule has 1 heterocycles. The molecule has 3 rings (SSSR count). The van der Waals surface area contributed by atoms with Crippen LogP contribution in [0.2, 0.25) is 5.02 Å². The van der Waals surface area contributed by atoms with Crippen LogP contribution in [0.5, 0.6) is 5.75 Å². The van der Waals surface area contributed by atoms with E-state index in [4.69, 9.17) is 16.3 Å². The molecule has 1 unspecified atom stereocenters. The van der Waals surface area contributed by atoms with Crippen molar-refractivity contribution >= 4 is 29.1 Å². The monoisotopic (exact) mass is 511 g/mol. The Morgan fingerprint density at radius 2 is 1.42 bits per heavy atom. The van der Waals surface area contributed by atoms with Crippen LogP contribution in [-0.4, -0.2) is 35.4 Å². The van der Waals surface area contributed by atoms with E-state index in [2.05, 4.69) is 6.92 Å². The van der Waals surface area contributed by atoms with E-state index in [1.165, 1.54) is 44.9 Å². The second-order valence-electron chi connectivity index (χ2n) is 9.45. The van der Waals surface area contributed by atoms with E-state index in [9.17, 15) is 14.7 Å². The molecular formula is C30H38ClNO4. The molecule has 194 valence electrons. The lowest BCUT2D eigenvalue weighted by molar-refractivity contribution is -0.139. The lowest BCUT2D eigenvalue weighted by atomic mass is 9.95. The van der Waals surface area contributed by atoms with Crippen LogP contribution in [0, 0.1) is 0 Å². The van der Waals surface area contributed by atoms with Gasteiger partial charge in [0, 0.05) is 17.1 Å². The Morgan fingerprint density at radius 1 is 0.861 bits per heavy atom. The zero-order valence-electron chi connectivity index (χ0n) is 21.5. The summed E-state index contributed by atoms with van der Waals surface area (Å²) in [6.07, 6.45) is 11.9. The smallest absolute Gasteiger partial charge is 0.295 e. The Labute approximate surface area is 220 Å². The standard InChI is InChI=1S/C30H38ClNO4/c1-3-4-5-6-7-8-9-10-11-12-21-32-27(22-13-17-24(31)18-14-22)26(29(34)30(32)35)28(33)23-15-19-25(36-2)20-16-23/h13-20,27,33H,3-12,21H2,1-2H3/b28-26-. The summed E-state index contributed by atoms with van der Waals surface area (Å²) in [6, 6.07) is 13.2. The predicted octanol–water partition coefficient (Wildman–Crippen LogP) is 7.69. The predicted molar refractivity (Wildman–Crippen MR) is 145 cm³/mol. The minimum absolute atomic E-state index is 0.111. The number of amides is 1. The number of ether oxygens (including phenoxy) is 1. The minimum atomic E-state index is -0.657. The number of likely N-dealkylation sites (tertiary alicyclic amines) is 1. The zero-order valence-corrected chi connectivity index (χ0v) is 22.2. The summed E-state index contributed by atoms with van der Waals surface area (Å²) in [5.74, 6) is -0.764. The van der Waals surface area contributed by atoms with E-state index in [-0.39, 0.29) is 11.3 Å². The molecule has 2 aromatic rings. The molecule has 2 aromatic carbocycles. The Hall–Kier alpha value is -2.79. The maximum absolute atomic E-state index is 13.1. The van der Waals surface area contributed by atoms with Gasteiger partial charge < -0.3 is 14.7 Å². The van der Waals surface area contributed by atoms with Crippen molar-refractivity contribution in [1.29, 1.82) is 0 Å². The molecule has 1 aliphatic heterocycles. The summed E-state index contributed by atoms with van der Waals surface area (Å²) in [5, 5.41) is 11.7. The summed E-state index contributed by atoms with van der Waals surface area (Å²) < 4.78 is 5.19. The van der Waals surface area contributed by atoms with Crippen molar-refractivity contribution in [2.45, 2.75) is 77.2 Å². The van der Waals surface area contributed by atoms with E-state index in [1.807, 2.05) is 12.1 Å². The first-order chi connectivity index (χ1) is 17.5. The Kier molecular flexibility index (Phi) is 10.9. The maximum Gasteiger partial charge on any atom is 0.295 e. The van der Waals surface area contributed by atoms with Crippen molar-refractivity contribution in [3.63, 3.8) is 0 Å². The number of hydrogen-bond acceptors (Lipinski definition) is 4. The molecule has 0 bridgehead atoms. The third-order valence-corrected chi connectivity index (χ3v) is 7.09. The van der Waals surface area contributed by atoms with Crippen molar-refractivity contribution in [2.24, 2.45) is 0 Å². The number of rotatable bonds is 14. The number of carbonyl (C=O) groups is 2. The fourth-order valence-electron chi connectivity index (χ4n) is 4.78. The van der Waals surface area contributed by atoms with Gasteiger partial charge in [0.25, 0.3) is 11.7 Å². The van der Waals surface area contributed by atoms with Gasteiger partial charge in [-0.1, -0.05) is 88.4 Å². The van der Waals surface area contributed by atoms with Crippen molar-refractivity contribution in [3.8, 4) is 5.75 Å². The second kappa shape index (κ2) is 14.1. The fraction of sp³-hybridized carbons (Fsp3) is 0.467. The average molecular weight is 512 g/mol. The molecule has 1 atom stereocenters. The number of benzene rings is 2. The van der Waals surface area contributed by atoms with E-state index >= 15 is 0 Å². The molecule has 0 radical (unpaired) electrons. The summed E-state index contributed by atoms with van der Waals surface area (Å²) in [6.45, 7) is 2.70. The Bertz CT molecular complexity index is 1030. The van der Waals surface area contributed by atoms with Crippen molar-refractivity contribution in [1.82, 2.24) is 4.90 Å². The number of Topliss-reactive ketones (excluding diaryl/α,β-unsaturated/α-hetero) is 1. The molecule has 1 saturated heterocycles. The van der Waals surface area contributed by atoms with E-state index in [0.717, 1.165) is 24.8 Å². The largest absolute Gasteiger partial charge is 0.507 e. The van der Waals surface area contributed by atoms with Crippen LogP contribution in [0.1, 0.15) is 88.3 Å². The van der Waals surface area contributed by atoms with Crippen LogP contribution in [-0.2, 0) is 9.59 Å². The van der Waals surface area contributed by atoms with Gasteiger partial charge >= 0.3 is 0 Å². The van der Waals surface area contributed by atoms with Crippen LogP contribution in [0.15, 0.2) is 54.1 Å². The number of carbonyl (C=O) groups excluding carboxylic acids is 2. The molecule has 1 amide bonds. The first-order valence-corrected chi connectivity index (χ1v) is 13.5. The number of aliphatic hydroxyl groups is 1. The molecule has 36 heavy (non-hydrogen) atoms. The third-order valence-electron chi connectivity index (χ3n) is 6.84. The number of aliphatic hydroxyl groups excluding tert-OH is 1. The zero-order chi connectivity index (χ0) is 25.9. The molecule has 5 nitrogen and oxygen atoms in total. The SMILES string of the molecule is CCCCCCCCCCCCN1C(=O)C(=O)/C(=C(\O)c2ccc(OC)cc2)C1c1ccc(Cl)cc1. The van der Waals surface area contributed by atoms with E-state index < -0.39 is 17.7 Å². The maximum atomic E-state index is 13.1. The van der Waals surface area contributed by atoms with Crippen LogP contribution < -0.4 is 4.74 Å². The van der Waals surface area contributed by atoms with Crippen molar-refractivity contribution < 1.29 is 19.4 Å². The van der Waals surface area contributed by atoms with Gasteiger partial charge in [-0.25, -0.2) is 0 Å². The molecule has 1 aliphatic rings. The van der Waals surface area contributed by atoms with Crippen LogP contribution in [0.3, 0.4) is 0 Å². The van der Waals surface area contributed by atoms with Gasteiger partial charge in [0.2, 0.25) is 0 Å². The molecule has 0 spiro atoms. The second-order valence-corrected chi connectivity index (χ2v) is 9.89. The number of nitrogens with zero attached hydrogens (tertiary/aromatic N) is 1. The molecule has 0 saturated carbocycles. The molecule has 0 aliphatic carbocycles. The molecule has 6 heteroatoms. The summed E-state index contributed by atoms with van der Waals surface area (Å²) >= 11 is 6.09. The van der Waals surface area contributed by atoms with Gasteiger partial charge in [0.05, 0.1) is 18.7 Å². The number of ketones is 1. The van der Waals surface area contributed by atoms with Crippen LogP contribution >= 0.6 is 11.6 Å². The fourth-order valence-corrected chi connectivity index (χ4v) is 4.90. The van der Waals surface area contributed by atoms with Crippen LogP contribution in [0.4, 0.5) is 0 Å². The lowest BCUT2D eigenvalue weighted by Crippen LogP contribution is -2.30. The average Bonchev–Trinajstić information content (AvgIpc) is 3.14. The Balaban J connectivity index is 1.72. The minimum Gasteiger partial charge on any atom is -0.507 e. The number of unbranched alkanes of at least 4 members (excludes halogenated alkanes) is 9. The van der Waals surface area contributed by atoms with Gasteiger partial charge in [-0.05, 0) is 48.4 Å². The van der Waals surface area contributed by atoms with Gasteiger partial charge in [0.15, 0.2) is 0 Å². The first kappa shape index (κ1) is 27.8. The number of hydrogen-bond donors (Lipinski definition) is 1. The normalized spacial score (nSPS) is 17.1. The molecule has 1 N–H and O–H groups in total. The summed E-state index contributed by atoms with van der Waals surface area (Å²) in [7, 11) is 1.56. The third kappa shape index (κ3) is 7.13.